The zero-order valence-corrected chi connectivity index (χ0v) is 24.9. The number of rotatable bonds is 12. The van der Waals surface area contributed by atoms with Gasteiger partial charge in [0.1, 0.15) is 11.5 Å². The van der Waals surface area contributed by atoms with E-state index in [0.717, 1.165) is 5.56 Å². The van der Waals surface area contributed by atoms with Gasteiger partial charge in [-0.15, -0.1) is 10.2 Å². The van der Waals surface area contributed by atoms with E-state index in [1.165, 1.54) is 0 Å². The lowest BCUT2D eigenvalue weighted by atomic mass is 10.2. The van der Waals surface area contributed by atoms with Crippen LogP contribution in [0.25, 0.3) is 0 Å². The van der Waals surface area contributed by atoms with Crippen molar-refractivity contribution in [1.29, 1.82) is 10.5 Å². The van der Waals surface area contributed by atoms with E-state index in [4.69, 9.17) is 43.5 Å². The fourth-order valence-corrected chi connectivity index (χ4v) is 4.70. The molecule has 3 aromatic rings. The van der Waals surface area contributed by atoms with E-state index in [-0.39, 0.29) is 18.7 Å². The Kier molecular flexibility index (Phi) is 10.1. The molecule has 0 saturated heterocycles. The number of carbonyl (C=O) groups excluding carboxylic acids is 1. The Labute approximate surface area is 254 Å². The average molecular weight is 607 g/mol. The number of nitrogens with zero attached hydrogens (tertiary/aromatic N) is 8. The number of amides is 1. The Morgan fingerprint density at radius 3 is 2.45 bits per heavy atom. The van der Waals surface area contributed by atoms with Crippen molar-refractivity contribution in [3.05, 3.63) is 63.7 Å². The van der Waals surface area contributed by atoms with Crippen molar-refractivity contribution in [3.63, 3.8) is 0 Å². The lowest BCUT2D eigenvalue weighted by molar-refractivity contribution is -0.127. The molecular weight excluding hydrogens is 577 g/mol. The molecule has 11 nitrogen and oxygen atoms in total. The van der Waals surface area contributed by atoms with Gasteiger partial charge in [0.15, 0.2) is 11.9 Å². The number of benzene rings is 2. The molecule has 216 valence electrons. The van der Waals surface area contributed by atoms with E-state index in [2.05, 4.69) is 32.8 Å². The van der Waals surface area contributed by atoms with Gasteiger partial charge in [-0.1, -0.05) is 40.9 Å². The Bertz CT molecular complexity index is 1580. The lowest BCUT2D eigenvalue weighted by Crippen LogP contribution is -2.37. The average Bonchev–Trinajstić information content (AvgIpc) is 3.50. The molecule has 0 aliphatic carbocycles. The molecule has 0 radical (unpaired) electrons. The fraction of sp³-hybridized carbons (Fsp3) is 0.345. The van der Waals surface area contributed by atoms with Gasteiger partial charge in [0, 0.05) is 26.1 Å². The van der Waals surface area contributed by atoms with Crippen molar-refractivity contribution in [2.45, 2.75) is 46.1 Å². The van der Waals surface area contributed by atoms with Gasteiger partial charge in [-0.05, 0) is 45.0 Å². The summed E-state index contributed by atoms with van der Waals surface area (Å²) in [6.07, 6.45) is 0.286. The maximum Gasteiger partial charge on any atom is 0.260 e. The Morgan fingerprint density at radius 2 is 1.79 bits per heavy atom. The first kappa shape index (κ1) is 30.5. The van der Waals surface area contributed by atoms with Gasteiger partial charge < -0.3 is 15.0 Å². The zero-order valence-electron chi connectivity index (χ0n) is 23.4. The predicted molar refractivity (Wildman–Crippen MR) is 162 cm³/mol. The summed E-state index contributed by atoms with van der Waals surface area (Å²) < 4.78 is 7.32. The number of anilines is 1. The second-order valence-corrected chi connectivity index (χ2v) is 10.4. The number of aromatic nitrogens is 3. The van der Waals surface area contributed by atoms with Gasteiger partial charge >= 0.3 is 0 Å². The molecule has 1 aliphatic heterocycles. The first-order valence-corrected chi connectivity index (χ1v) is 14.1. The third-order valence-corrected chi connectivity index (χ3v) is 7.04. The standard InChI is InChI=1S/C29H29Cl2N9O2/c1-18-6-8-21(9-7-18)42-20(3)29(41)34-13-10-26-36-37-28-27(19(2)38-40(26)28)35-24-16-23(31)25(17-22(24)30)39(14-4-11-32)15-5-12-33/h6-9,16-17,20H,4-5,10,13-15H2,1-3H3,(H,34,41). The van der Waals surface area contributed by atoms with Gasteiger partial charge in [-0.3, -0.25) is 4.79 Å². The van der Waals surface area contributed by atoms with E-state index in [1.807, 2.05) is 36.1 Å². The van der Waals surface area contributed by atoms with Crippen molar-refractivity contribution < 1.29 is 9.53 Å². The Hall–Kier alpha value is -4.45. The summed E-state index contributed by atoms with van der Waals surface area (Å²) in [5.74, 6) is 1.40. The smallest absolute Gasteiger partial charge is 0.260 e. The minimum absolute atomic E-state index is 0.243. The van der Waals surface area contributed by atoms with Crippen LogP contribution in [-0.4, -0.2) is 57.9 Å². The molecular formula is C29H29Cl2N9O2. The number of hydrogen-bond donors (Lipinski definition) is 1. The van der Waals surface area contributed by atoms with E-state index >= 15 is 0 Å². The molecule has 0 spiro atoms. The Balaban J connectivity index is 1.44. The van der Waals surface area contributed by atoms with Crippen LogP contribution in [0.5, 0.6) is 5.75 Å². The topological polar surface area (TPSA) is 145 Å². The van der Waals surface area contributed by atoms with Crippen LogP contribution in [0, 0.1) is 29.6 Å². The summed E-state index contributed by atoms with van der Waals surface area (Å²) in [6.45, 7) is 6.63. The van der Waals surface area contributed by atoms with Crippen LogP contribution >= 0.6 is 23.2 Å². The number of halogens is 2. The number of hydrogen-bond acceptors (Lipinski definition) is 9. The van der Waals surface area contributed by atoms with Crippen LogP contribution in [-0.2, 0) is 11.2 Å². The van der Waals surface area contributed by atoms with Gasteiger partial charge in [-0.2, -0.15) is 20.3 Å². The molecule has 1 N–H and O–H groups in total. The summed E-state index contributed by atoms with van der Waals surface area (Å²) in [5.41, 5.74) is 3.27. The molecule has 1 unspecified atom stereocenters. The molecule has 0 bridgehead atoms. The second kappa shape index (κ2) is 13.9. The van der Waals surface area contributed by atoms with Crippen molar-refractivity contribution in [1.82, 2.24) is 20.2 Å². The summed E-state index contributed by atoms with van der Waals surface area (Å²) in [7, 11) is 0. The monoisotopic (exact) mass is 605 g/mol. The van der Waals surface area contributed by atoms with Crippen LogP contribution in [0.4, 0.5) is 11.4 Å². The molecule has 1 amide bonds. The minimum Gasteiger partial charge on any atom is -0.481 e. The van der Waals surface area contributed by atoms with E-state index < -0.39 is 6.10 Å². The Morgan fingerprint density at radius 1 is 1.10 bits per heavy atom. The summed E-state index contributed by atoms with van der Waals surface area (Å²) in [4.78, 5) is 19.1. The molecule has 1 aliphatic rings. The molecule has 0 fully saturated rings. The predicted octanol–water partition coefficient (Wildman–Crippen LogP) is 5.01. The second-order valence-electron chi connectivity index (χ2n) is 9.57. The van der Waals surface area contributed by atoms with Crippen LogP contribution in [0.15, 0.2) is 46.5 Å². The maximum absolute atomic E-state index is 12.5. The number of nitriles is 2. The number of nitrogens with one attached hydrogen (secondary N) is 1. The van der Waals surface area contributed by atoms with Crippen molar-refractivity contribution in [3.8, 4) is 17.9 Å². The van der Waals surface area contributed by atoms with Crippen LogP contribution in [0.1, 0.15) is 43.9 Å². The molecule has 42 heavy (non-hydrogen) atoms. The highest BCUT2D eigenvalue weighted by molar-refractivity contribution is 6.48. The molecule has 4 rings (SSSR count). The van der Waals surface area contributed by atoms with Crippen molar-refractivity contribution in [2.24, 2.45) is 10.1 Å². The van der Waals surface area contributed by atoms with Crippen LogP contribution in [0.3, 0.4) is 0 Å². The quantitative estimate of drug-likeness (QED) is 0.305. The highest BCUT2D eigenvalue weighted by Gasteiger charge is 2.26. The number of carbonyl (C=O) groups is 1. The third kappa shape index (κ3) is 7.24. The largest absolute Gasteiger partial charge is 0.481 e. The van der Waals surface area contributed by atoms with Crippen LogP contribution < -0.4 is 15.0 Å². The summed E-state index contributed by atoms with van der Waals surface area (Å²) in [6, 6.07) is 15.1. The first-order chi connectivity index (χ1) is 20.2. The highest BCUT2D eigenvalue weighted by atomic mass is 35.5. The summed E-state index contributed by atoms with van der Waals surface area (Å²) >= 11 is 13.2. The molecule has 1 aromatic heterocycles. The van der Waals surface area contributed by atoms with Gasteiger partial charge in [0.2, 0.25) is 5.82 Å². The molecule has 1 atom stereocenters. The fourth-order valence-electron chi connectivity index (χ4n) is 4.22. The zero-order chi connectivity index (χ0) is 30.2. The van der Waals surface area contributed by atoms with Crippen molar-refractivity contribution >= 4 is 51.9 Å². The van der Waals surface area contributed by atoms with E-state index in [1.54, 1.807) is 30.7 Å². The number of aliphatic imine (C=N–C) groups is 1. The normalized spacial score (nSPS) is 13.6. The number of aryl methyl sites for hydroxylation is 1. The molecule has 2 aromatic carbocycles. The maximum atomic E-state index is 12.5. The van der Waals surface area contributed by atoms with E-state index in [0.29, 0.717) is 76.3 Å². The van der Waals surface area contributed by atoms with Gasteiger partial charge in [0.05, 0.1) is 52.1 Å². The molecule has 0 saturated carbocycles. The number of fused-ring (bicyclic) bond motifs is 1. The van der Waals surface area contributed by atoms with Crippen LogP contribution in [0.2, 0.25) is 10.0 Å². The third-order valence-electron chi connectivity index (χ3n) is 6.44. The van der Waals surface area contributed by atoms with E-state index in [9.17, 15) is 4.79 Å². The summed E-state index contributed by atoms with van der Waals surface area (Å²) in [5, 5.41) is 34.7. The highest BCUT2D eigenvalue weighted by Crippen LogP contribution is 2.37. The number of ether oxygens (including phenoxy) is 1. The SMILES string of the molecule is CC1=Nn2c(CCNC(=O)C(C)Oc3ccc(C)cc3)nnc2C1=Nc1cc(Cl)c(N(CCC#N)CCC#N)cc1Cl. The lowest BCUT2D eigenvalue weighted by Gasteiger charge is -2.24. The minimum atomic E-state index is -0.663. The molecule has 2 heterocycles. The first-order valence-electron chi connectivity index (χ1n) is 13.3. The van der Waals surface area contributed by atoms with Crippen molar-refractivity contribution in [2.75, 3.05) is 24.5 Å². The van der Waals surface area contributed by atoms with Gasteiger partial charge in [0.25, 0.3) is 5.91 Å². The van der Waals surface area contributed by atoms with Gasteiger partial charge in [-0.25, -0.2) is 4.99 Å². The molecule has 13 heteroatoms.